The number of benzene rings is 1. The summed E-state index contributed by atoms with van der Waals surface area (Å²) in [4.78, 5) is 26.6. The Kier molecular flexibility index (Phi) is 5.85. The predicted octanol–water partition coefficient (Wildman–Crippen LogP) is 4.04. The van der Waals surface area contributed by atoms with Gasteiger partial charge in [0.15, 0.2) is 5.78 Å². The van der Waals surface area contributed by atoms with Crippen molar-refractivity contribution in [2.75, 3.05) is 13.1 Å². The highest BCUT2D eigenvalue weighted by atomic mass is 19.1. The summed E-state index contributed by atoms with van der Waals surface area (Å²) >= 11 is 0. The third-order valence-electron chi connectivity index (χ3n) is 6.18. The van der Waals surface area contributed by atoms with E-state index in [-0.39, 0.29) is 29.7 Å². The summed E-state index contributed by atoms with van der Waals surface area (Å²) in [6.07, 6.45) is 4.48. The first-order valence-electron chi connectivity index (χ1n) is 11.2. The molecule has 1 saturated heterocycles. The summed E-state index contributed by atoms with van der Waals surface area (Å²) in [7, 11) is 0. The Bertz CT molecular complexity index is 1190. The van der Waals surface area contributed by atoms with Gasteiger partial charge in [0.25, 0.3) is 0 Å². The number of halogens is 1. The fourth-order valence-corrected chi connectivity index (χ4v) is 4.39. The highest BCUT2D eigenvalue weighted by molar-refractivity contribution is 6.10. The van der Waals surface area contributed by atoms with Crippen LogP contribution in [-0.4, -0.2) is 50.3 Å². The van der Waals surface area contributed by atoms with Crippen molar-refractivity contribution in [3.05, 3.63) is 60.0 Å². The lowest BCUT2D eigenvalue weighted by Gasteiger charge is -2.30. The van der Waals surface area contributed by atoms with Crippen molar-refractivity contribution < 1.29 is 18.4 Å². The van der Waals surface area contributed by atoms with E-state index in [1.165, 1.54) is 16.9 Å². The highest BCUT2D eigenvalue weighted by Gasteiger charge is 2.28. The number of hydrogen-bond donors (Lipinski definition) is 0. The molecule has 1 aromatic carbocycles. The molecule has 33 heavy (non-hydrogen) atoms. The number of amides is 1. The first-order valence-corrected chi connectivity index (χ1v) is 11.2. The topological polar surface area (TPSA) is 93.6 Å². The van der Waals surface area contributed by atoms with E-state index in [4.69, 9.17) is 4.42 Å². The summed E-state index contributed by atoms with van der Waals surface area (Å²) < 4.78 is 20.5. The first-order chi connectivity index (χ1) is 16.1. The summed E-state index contributed by atoms with van der Waals surface area (Å²) in [6.45, 7) is 1.30. The molecule has 0 spiro atoms. The van der Waals surface area contributed by atoms with Crippen molar-refractivity contribution in [2.45, 2.75) is 44.4 Å². The van der Waals surface area contributed by atoms with E-state index in [0.717, 1.165) is 18.4 Å². The van der Waals surface area contributed by atoms with Gasteiger partial charge >= 0.3 is 0 Å². The zero-order chi connectivity index (χ0) is 22.8. The first kappa shape index (κ1) is 21.2. The molecule has 8 nitrogen and oxygen atoms in total. The van der Waals surface area contributed by atoms with Gasteiger partial charge < -0.3 is 9.32 Å². The van der Waals surface area contributed by atoms with Crippen LogP contribution < -0.4 is 0 Å². The maximum Gasteiger partial charge on any atom is 0.247 e. The number of fused-ring (bicyclic) bond motifs is 1. The van der Waals surface area contributed by atoms with Crippen molar-refractivity contribution in [2.24, 2.45) is 5.10 Å². The fourth-order valence-electron chi connectivity index (χ4n) is 4.39. The van der Waals surface area contributed by atoms with Crippen LogP contribution in [0.1, 0.15) is 60.8 Å². The van der Waals surface area contributed by atoms with Crippen molar-refractivity contribution in [3.63, 3.8) is 0 Å². The molecule has 5 rings (SSSR count). The molecule has 2 aromatic heterocycles. The number of carbonyl (C=O) groups excluding carboxylic acids is 2. The molecular weight excluding hydrogens is 425 g/mol. The molecule has 1 amide bonds. The van der Waals surface area contributed by atoms with Crippen LogP contribution in [0.5, 0.6) is 0 Å². The number of rotatable bonds is 6. The molecule has 0 radical (unpaired) electrons. The van der Waals surface area contributed by atoms with E-state index < -0.39 is 5.82 Å². The second-order valence-electron chi connectivity index (χ2n) is 8.47. The van der Waals surface area contributed by atoms with Crippen molar-refractivity contribution in [1.82, 2.24) is 19.8 Å². The smallest absolute Gasteiger partial charge is 0.247 e. The average molecular weight is 449 g/mol. The van der Waals surface area contributed by atoms with Gasteiger partial charge in [0.05, 0.1) is 12.6 Å². The second kappa shape index (κ2) is 9.09. The molecule has 0 bridgehead atoms. The zero-order valence-electron chi connectivity index (χ0n) is 18.1. The van der Waals surface area contributed by atoms with Crippen molar-refractivity contribution >= 4 is 17.4 Å². The van der Waals surface area contributed by atoms with E-state index in [1.54, 1.807) is 0 Å². The minimum atomic E-state index is -0.473. The minimum absolute atomic E-state index is 0.0967. The Morgan fingerprint density at radius 3 is 2.73 bits per heavy atom. The third kappa shape index (κ3) is 4.62. The maximum absolute atomic E-state index is 13.4. The number of carbonyl (C=O) groups is 2. The van der Waals surface area contributed by atoms with Crippen LogP contribution in [0.3, 0.4) is 0 Å². The second-order valence-corrected chi connectivity index (χ2v) is 8.47. The van der Waals surface area contributed by atoms with Gasteiger partial charge in [0.1, 0.15) is 11.5 Å². The molecule has 2 aliphatic heterocycles. The molecule has 9 heteroatoms. The van der Waals surface area contributed by atoms with Gasteiger partial charge in [-0.25, -0.2) is 9.07 Å². The standard InChI is InChI=1S/C24H24FN5O3/c25-18-13-20-21(31)14-19(28-30(20)15-18)7-4-8-22(32)29-11-9-17(10-12-29)24-27-26-23(33-24)16-5-2-1-3-6-16/h1-3,5-6,13,15,17H,4,7-12,14H2. The van der Waals surface area contributed by atoms with Crippen LogP contribution in [0.15, 0.2) is 52.1 Å². The molecule has 170 valence electrons. The average Bonchev–Trinajstić information content (AvgIpc) is 3.47. The molecule has 0 N–H and O–H groups in total. The highest BCUT2D eigenvalue weighted by Crippen LogP contribution is 2.29. The quantitative estimate of drug-likeness (QED) is 0.566. The normalized spacial score (nSPS) is 16.6. The van der Waals surface area contributed by atoms with E-state index in [9.17, 15) is 14.0 Å². The zero-order valence-corrected chi connectivity index (χ0v) is 18.1. The van der Waals surface area contributed by atoms with Crippen LogP contribution in [0.4, 0.5) is 4.39 Å². The summed E-state index contributed by atoms with van der Waals surface area (Å²) in [5.74, 6) is 0.773. The number of nitrogens with zero attached hydrogens (tertiary/aromatic N) is 5. The Morgan fingerprint density at radius 2 is 1.94 bits per heavy atom. The molecule has 3 aromatic rings. The maximum atomic E-state index is 13.4. The van der Waals surface area contributed by atoms with Crippen LogP contribution in [0, 0.1) is 5.82 Å². The summed E-state index contributed by atoms with van der Waals surface area (Å²) in [5.41, 5.74) is 1.85. The molecule has 0 saturated carbocycles. The Morgan fingerprint density at radius 1 is 1.15 bits per heavy atom. The lowest BCUT2D eigenvalue weighted by Crippen LogP contribution is -2.37. The minimum Gasteiger partial charge on any atom is -0.420 e. The van der Waals surface area contributed by atoms with Crippen LogP contribution in [0.2, 0.25) is 0 Å². The lowest BCUT2D eigenvalue weighted by atomic mass is 9.96. The predicted molar refractivity (Wildman–Crippen MR) is 118 cm³/mol. The van der Waals surface area contributed by atoms with Crippen LogP contribution in [0.25, 0.3) is 11.5 Å². The monoisotopic (exact) mass is 449 g/mol. The van der Waals surface area contributed by atoms with E-state index in [0.29, 0.717) is 49.8 Å². The van der Waals surface area contributed by atoms with Gasteiger partial charge in [-0.1, -0.05) is 18.2 Å². The number of piperidine rings is 1. The van der Waals surface area contributed by atoms with Crippen LogP contribution >= 0.6 is 0 Å². The van der Waals surface area contributed by atoms with Crippen LogP contribution in [-0.2, 0) is 4.79 Å². The molecule has 2 aliphatic rings. The molecule has 1 fully saturated rings. The van der Waals surface area contributed by atoms with Gasteiger partial charge in [-0.15, -0.1) is 10.2 Å². The van der Waals surface area contributed by atoms with Crippen molar-refractivity contribution in [3.8, 4) is 11.5 Å². The summed E-state index contributed by atoms with van der Waals surface area (Å²) in [5, 5.41) is 12.7. The molecule has 0 atom stereocenters. The Hall–Kier alpha value is -3.62. The van der Waals surface area contributed by atoms with Crippen molar-refractivity contribution in [1.29, 1.82) is 0 Å². The number of ketones is 1. The number of likely N-dealkylation sites (tertiary alicyclic amines) is 1. The number of aromatic nitrogens is 3. The fraction of sp³-hybridized carbons (Fsp3) is 0.375. The van der Waals surface area contributed by atoms with E-state index in [1.807, 2.05) is 35.2 Å². The molecule has 4 heterocycles. The lowest BCUT2D eigenvalue weighted by molar-refractivity contribution is -0.132. The van der Waals surface area contributed by atoms with E-state index in [2.05, 4.69) is 15.3 Å². The third-order valence-corrected chi connectivity index (χ3v) is 6.18. The SMILES string of the molecule is O=C1CC(CCCC(=O)N2CCC(c3nnc(-c4ccccc4)o3)CC2)=Nn2cc(F)cc21. The molecular formula is C24H24FN5O3. The van der Waals surface area contributed by atoms with Gasteiger partial charge in [-0.05, 0) is 37.8 Å². The summed E-state index contributed by atoms with van der Waals surface area (Å²) in [6, 6.07) is 10.9. The Balaban J connectivity index is 1.10. The Labute approximate surface area is 190 Å². The molecule has 0 aliphatic carbocycles. The van der Waals surface area contributed by atoms with Gasteiger partial charge in [0, 0.05) is 42.8 Å². The van der Waals surface area contributed by atoms with Gasteiger partial charge in [0.2, 0.25) is 17.7 Å². The number of hydrogen-bond acceptors (Lipinski definition) is 6. The number of Topliss-reactive ketones (excluding diaryl/α,β-unsaturated/α-hetero) is 1. The van der Waals surface area contributed by atoms with Gasteiger partial charge in [-0.2, -0.15) is 5.10 Å². The molecule has 0 unspecified atom stereocenters. The largest absolute Gasteiger partial charge is 0.420 e. The van der Waals surface area contributed by atoms with E-state index >= 15 is 0 Å². The van der Waals surface area contributed by atoms with Gasteiger partial charge in [-0.3, -0.25) is 9.59 Å².